The molecule has 0 spiro atoms. The predicted octanol–water partition coefficient (Wildman–Crippen LogP) is 2.43. The average molecular weight is 345 g/mol. The van der Waals surface area contributed by atoms with E-state index in [1.807, 2.05) is 43.1 Å². The molecule has 1 fully saturated rings. The molecule has 2 aromatic rings. The molecule has 0 radical (unpaired) electrons. The van der Waals surface area contributed by atoms with Gasteiger partial charge in [0, 0.05) is 38.4 Å². The summed E-state index contributed by atoms with van der Waals surface area (Å²) in [6.07, 6.45) is 4.91. The van der Waals surface area contributed by atoms with E-state index in [0.29, 0.717) is 19.1 Å². The summed E-state index contributed by atoms with van der Waals surface area (Å²) < 4.78 is 7.53. The van der Waals surface area contributed by atoms with Crippen molar-refractivity contribution in [3.05, 3.63) is 30.2 Å². The zero-order valence-corrected chi connectivity index (χ0v) is 15.0. The van der Waals surface area contributed by atoms with E-state index in [1.165, 1.54) is 0 Å². The molecule has 0 atom stereocenters. The van der Waals surface area contributed by atoms with Crippen LogP contribution in [0.25, 0.3) is 5.65 Å². The molecule has 1 saturated heterocycles. The van der Waals surface area contributed by atoms with Crippen LogP contribution >= 0.6 is 0 Å². The summed E-state index contributed by atoms with van der Waals surface area (Å²) in [5.41, 5.74) is 0.876. The molecule has 3 heterocycles. The second-order valence-electron chi connectivity index (χ2n) is 6.75. The number of ether oxygens (including phenoxy) is 1. The molecule has 1 N–H and O–H groups in total. The number of likely N-dealkylation sites (tertiary alicyclic amines) is 1. The van der Waals surface area contributed by atoms with Gasteiger partial charge < -0.3 is 15.0 Å². The minimum absolute atomic E-state index is 0.0223. The summed E-state index contributed by atoms with van der Waals surface area (Å²) in [6.45, 7) is 6.87. The number of carbonyl (C=O) groups is 1. The molecule has 0 unspecified atom stereocenters. The molecule has 0 aliphatic carbocycles. The Bertz CT molecular complexity index is 692. The fraction of sp³-hybridized carbons (Fsp3) is 0.611. The first-order chi connectivity index (χ1) is 12.1. The quantitative estimate of drug-likeness (QED) is 0.816. The van der Waals surface area contributed by atoms with Crippen molar-refractivity contribution in [3.63, 3.8) is 0 Å². The van der Waals surface area contributed by atoms with Crippen LogP contribution in [0.1, 0.15) is 44.9 Å². The highest BCUT2D eigenvalue weighted by Gasteiger charge is 2.26. The number of carbonyl (C=O) groups excluding carboxylic acids is 1. The van der Waals surface area contributed by atoms with Gasteiger partial charge in [0.25, 0.3) is 0 Å². The zero-order valence-electron chi connectivity index (χ0n) is 15.0. The number of nitrogens with one attached hydrogen (secondary N) is 1. The average Bonchev–Trinajstić information content (AvgIpc) is 3.05. The molecular weight excluding hydrogens is 318 g/mol. The number of amides is 2. The number of rotatable bonds is 6. The maximum atomic E-state index is 12.2. The van der Waals surface area contributed by atoms with Crippen molar-refractivity contribution in [2.75, 3.05) is 26.2 Å². The summed E-state index contributed by atoms with van der Waals surface area (Å²) in [6, 6.07) is 5.94. The Labute approximate surface area is 148 Å². The van der Waals surface area contributed by atoms with Crippen LogP contribution in [0.4, 0.5) is 4.79 Å². The van der Waals surface area contributed by atoms with Gasteiger partial charge in [-0.3, -0.25) is 4.40 Å². The van der Waals surface area contributed by atoms with Gasteiger partial charge in [-0.25, -0.2) is 4.79 Å². The molecule has 1 aliphatic rings. The normalized spacial score (nSPS) is 15.9. The SMILES string of the molecule is CC(C)OCCCNC(=O)N1CCC(c2nnc3ccccn23)CC1. The van der Waals surface area contributed by atoms with Crippen LogP contribution in [-0.2, 0) is 4.74 Å². The maximum absolute atomic E-state index is 12.2. The molecule has 0 bridgehead atoms. The Hall–Kier alpha value is -2.15. The Kier molecular flexibility index (Phi) is 5.86. The summed E-state index contributed by atoms with van der Waals surface area (Å²) >= 11 is 0. The van der Waals surface area contributed by atoms with E-state index in [4.69, 9.17) is 4.74 Å². The van der Waals surface area contributed by atoms with Gasteiger partial charge in [0.15, 0.2) is 5.65 Å². The first-order valence-corrected chi connectivity index (χ1v) is 9.09. The summed E-state index contributed by atoms with van der Waals surface area (Å²) in [5.74, 6) is 1.35. The molecule has 0 saturated carbocycles. The van der Waals surface area contributed by atoms with Gasteiger partial charge in [-0.05, 0) is 45.2 Å². The van der Waals surface area contributed by atoms with Gasteiger partial charge in [0.1, 0.15) is 5.82 Å². The smallest absolute Gasteiger partial charge is 0.317 e. The molecular formula is C18H27N5O2. The number of fused-ring (bicyclic) bond motifs is 1. The van der Waals surface area contributed by atoms with Gasteiger partial charge in [-0.1, -0.05) is 6.07 Å². The maximum Gasteiger partial charge on any atom is 0.317 e. The van der Waals surface area contributed by atoms with Crippen molar-refractivity contribution in [2.24, 2.45) is 0 Å². The zero-order chi connectivity index (χ0) is 17.6. The van der Waals surface area contributed by atoms with E-state index in [1.54, 1.807) is 0 Å². The lowest BCUT2D eigenvalue weighted by Crippen LogP contribution is -2.44. The van der Waals surface area contributed by atoms with Crippen LogP contribution < -0.4 is 5.32 Å². The molecule has 3 rings (SSSR count). The van der Waals surface area contributed by atoms with Crippen LogP contribution in [0.15, 0.2) is 24.4 Å². The molecule has 2 amide bonds. The Balaban J connectivity index is 1.44. The predicted molar refractivity (Wildman–Crippen MR) is 95.6 cm³/mol. The third kappa shape index (κ3) is 4.48. The fourth-order valence-corrected chi connectivity index (χ4v) is 3.18. The molecule has 136 valence electrons. The second-order valence-corrected chi connectivity index (χ2v) is 6.75. The van der Waals surface area contributed by atoms with Gasteiger partial charge in [0.05, 0.1) is 6.10 Å². The van der Waals surface area contributed by atoms with E-state index in [0.717, 1.165) is 43.8 Å². The lowest BCUT2D eigenvalue weighted by molar-refractivity contribution is 0.0771. The molecule has 1 aliphatic heterocycles. The highest BCUT2D eigenvalue weighted by atomic mass is 16.5. The number of hydrogen-bond acceptors (Lipinski definition) is 4. The van der Waals surface area contributed by atoms with Gasteiger partial charge in [-0.2, -0.15) is 0 Å². The van der Waals surface area contributed by atoms with E-state index in [-0.39, 0.29) is 12.1 Å². The highest BCUT2D eigenvalue weighted by molar-refractivity contribution is 5.74. The third-order valence-electron chi connectivity index (χ3n) is 4.54. The van der Waals surface area contributed by atoms with Crippen LogP contribution in [0.3, 0.4) is 0 Å². The molecule has 7 heteroatoms. The van der Waals surface area contributed by atoms with Crippen molar-refractivity contribution in [3.8, 4) is 0 Å². The summed E-state index contributed by atoms with van der Waals surface area (Å²) in [4.78, 5) is 14.1. The van der Waals surface area contributed by atoms with Gasteiger partial charge in [-0.15, -0.1) is 10.2 Å². The van der Waals surface area contributed by atoms with Gasteiger partial charge in [0.2, 0.25) is 0 Å². The third-order valence-corrected chi connectivity index (χ3v) is 4.54. The van der Waals surface area contributed by atoms with E-state index >= 15 is 0 Å². The molecule has 0 aromatic carbocycles. The lowest BCUT2D eigenvalue weighted by atomic mass is 9.96. The van der Waals surface area contributed by atoms with Crippen molar-refractivity contribution >= 4 is 11.7 Å². The molecule has 7 nitrogen and oxygen atoms in total. The topological polar surface area (TPSA) is 71.8 Å². The Morgan fingerprint density at radius 2 is 2.12 bits per heavy atom. The number of piperidine rings is 1. The monoisotopic (exact) mass is 345 g/mol. The molecule has 25 heavy (non-hydrogen) atoms. The second kappa shape index (κ2) is 8.29. The number of nitrogens with zero attached hydrogens (tertiary/aromatic N) is 4. The largest absolute Gasteiger partial charge is 0.379 e. The Morgan fingerprint density at radius 1 is 1.32 bits per heavy atom. The fourth-order valence-electron chi connectivity index (χ4n) is 3.18. The van der Waals surface area contributed by atoms with E-state index in [2.05, 4.69) is 19.9 Å². The lowest BCUT2D eigenvalue weighted by Gasteiger charge is -2.31. The number of urea groups is 1. The van der Waals surface area contributed by atoms with E-state index < -0.39 is 0 Å². The van der Waals surface area contributed by atoms with Crippen LogP contribution in [0.5, 0.6) is 0 Å². The van der Waals surface area contributed by atoms with Crippen LogP contribution in [0, 0.1) is 0 Å². The number of aromatic nitrogens is 3. The highest BCUT2D eigenvalue weighted by Crippen LogP contribution is 2.26. The van der Waals surface area contributed by atoms with Crippen molar-refractivity contribution in [1.82, 2.24) is 24.8 Å². The van der Waals surface area contributed by atoms with Crippen molar-refractivity contribution in [2.45, 2.75) is 45.1 Å². The standard InChI is InChI=1S/C18H27N5O2/c1-14(2)25-13-5-9-19-18(24)22-11-7-15(8-12-22)17-21-20-16-6-3-4-10-23(16)17/h3-4,6,10,14-15H,5,7-9,11-13H2,1-2H3,(H,19,24). The summed E-state index contributed by atoms with van der Waals surface area (Å²) in [7, 11) is 0. The van der Waals surface area contributed by atoms with Crippen LogP contribution in [0.2, 0.25) is 0 Å². The Morgan fingerprint density at radius 3 is 2.88 bits per heavy atom. The van der Waals surface area contributed by atoms with Crippen LogP contribution in [-0.4, -0.2) is 57.9 Å². The van der Waals surface area contributed by atoms with Gasteiger partial charge >= 0.3 is 6.03 Å². The van der Waals surface area contributed by atoms with Crippen molar-refractivity contribution < 1.29 is 9.53 Å². The number of hydrogen-bond donors (Lipinski definition) is 1. The van der Waals surface area contributed by atoms with E-state index in [9.17, 15) is 4.79 Å². The minimum Gasteiger partial charge on any atom is -0.379 e. The first-order valence-electron chi connectivity index (χ1n) is 9.09. The summed E-state index contributed by atoms with van der Waals surface area (Å²) in [5, 5.41) is 11.6. The number of pyridine rings is 1. The first kappa shape index (κ1) is 17.7. The molecule has 2 aromatic heterocycles. The minimum atomic E-state index is 0.0223. The van der Waals surface area contributed by atoms with Crippen molar-refractivity contribution in [1.29, 1.82) is 0 Å².